The lowest BCUT2D eigenvalue weighted by atomic mass is 10.0. The van der Waals surface area contributed by atoms with Gasteiger partial charge in [-0.2, -0.15) is 0 Å². The molecule has 0 amide bonds. The molecule has 0 unspecified atom stereocenters. The molecule has 0 saturated carbocycles. The first-order chi connectivity index (χ1) is 10.4. The molecule has 1 nitrogen and oxygen atoms in total. The van der Waals surface area contributed by atoms with Crippen LogP contribution in [0.25, 0.3) is 22.0 Å². The van der Waals surface area contributed by atoms with Crippen LogP contribution in [0.3, 0.4) is 0 Å². The number of benzene rings is 2. The number of hydrogen-bond acceptors (Lipinski definition) is 2. The molecule has 2 aromatic carbocycles. The van der Waals surface area contributed by atoms with E-state index in [1.54, 1.807) is 11.3 Å². The summed E-state index contributed by atoms with van der Waals surface area (Å²) < 4.78 is 0. The number of hydrogen-bond donors (Lipinski definition) is 0. The summed E-state index contributed by atoms with van der Waals surface area (Å²) in [5.41, 5.74) is 2.38. The Kier molecular flexibility index (Phi) is 4.66. The molecule has 0 radical (unpaired) electrons. The van der Waals surface area contributed by atoms with Gasteiger partial charge in [0.2, 0.25) is 0 Å². The van der Waals surface area contributed by atoms with Crippen molar-refractivity contribution in [2.75, 3.05) is 0 Å². The molecule has 0 N–H and O–H groups in total. The second-order valence-electron chi connectivity index (χ2n) is 5.46. The number of unbranched alkanes of at least 4 members (excludes halogenated alkanes) is 3. The highest BCUT2D eigenvalue weighted by Crippen LogP contribution is 2.29. The first kappa shape index (κ1) is 14.3. The van der Waals surface area contributed by atoms with Gasteiger partial charge in [0, 0.05) is 10.9 Å². The van der Waals surface area contributed by atoms with Crippen LogP contribution in [0.1, 0.15) is 37.6 Å². The standard InChI is InChI=1S/C19H21NS/c1-2-3-4-5-13-19-20-18(14-21-19)17-12-8-10-15-9-6-7-11-16(15)17/h6-12,14H,2-5,13H2,1H3. The van der Waals surface area contributed by atoms with E-state index < -0.39 is 0 Å². The van der Waals surface area contributed by atoms with Crippen LogP contribution in [0.5, 0.6) is 0 Å². The third kappa shape index (κ3) is 3.33. The van der Waals surface area contributed by atoms with E-state index in [9.17, 15) is 0 Å². The summed E-state index contributed by atoms with van der Waals surface area (Å²) in [6, 6.07) is 15.0. The fourth-order valence-corrected chi connectivity index (χ4v) is 3.54. The van der Waals surface area contributed by atoms with E-state index in [1.165, 1.54) is 47.0 Å². The Bertz CT molecular complexity index is 709. The van der Waals surface area contributed by atoms with Crippen molar-refractivity contribution < 1.29 is 0 Å². The van der Waals surface area contributed by atoms with Crippen molar-refractivity contribution in [2.45, 2.75) is 39.0 Å². The lowest BCUT2D eigenvalue weighted by molar-refractivity contribution is 0.665. The van der Waals surface area contributed by atoms with Gasteiger partial charge < -0.3 is 0 Å². The largest absolute Gasteiger partial charge is 0.241 e. The number of aromatic nitrogens is 1. The summed E-state index contributed by atoms with van der Waals surface area (Å²) in [5.74, 6) is 0. The minimum absolute atomic E-state index is 1.12. The first-order valence-electron chi connectivity index (χ1n) is 7.81. The number of rotatable bonds is 6. The molecule has 0 aliphatic carbocycles. The summed E-state index contributed by atoms with van der Waals surface area (Å²) in [5, 5.41) is 6.06. The van der Waals surface area contributed by atoms with Crippen molar-refractivity contribution in [2.24, 2.45) is 0 Å². The third-order valence-corrected chi connectivity index (χ3v) is 4.77. The van der Waals surface area contributed by atoms with Crippen molar-refractivity contribution in [3.05, 3.63) is 52.9 Å². The molecule has 0 atom stereocenters. The molecule has 108 valence electrons. The topological polar surface area (TPSA) is 12.9 Å². The van der Waals surface area contributed by atoms with Gasteiger partial charge in [0.1, 0.15) is 0 Å². The number of aryl methyl sites for hydroxylation is 1. The highest BCUT2D eigenvalue weighted by molar-refractivity contribution is 7.09. The van der Waals surface area contributed by atoms with Crippen molar-refractivity contribution in [1.29, 1.82) is 0 Å². The van der Waals surface area contributed by atoms with Crippen molar-refractivity contribution >= 4 is 22.1 Å². The average molecular weight is 295 g/mol. The van der Waals surface area contributed by atoms with E-state index in [0.29, 0.717) is 0 Å². The second kappa shape index (κ2) is 6.86. The van der Waals surface area contributed by atoms with Crippen molar-refractivity contribution in [1.82, 2.24) is 4.98 Å². The Labute approximate surface area is 130 Å². The lowest BCUT2D eigenvalue weighted by Gasteiger charge is -2.03. The van der Waals surface area contributed by atoms with E-state index in [2.05, 4.69) is 54.8 Å². The Morgan fingerprint density at radius 2 is 1.81 bits per heavy atom. The smallest absolute Gasteiger partial charge is 0.0932 e. The SMILES string of the molecule is CCCCCCc1nc(-c2cccc3ccccc23)cs1. The van der Waals surface area contributed by atoms with Crippen LogP contribution in [0, 0.1) is 0 Å². The van der Waals surface area contributed by atoms with Crippen LogP contribution >= 0.6 is 11.3 Å². The van der Waals surface area contributed by atoms with E-state index in [1.807, 2.05) is 0 Å². The van der Waals surface area contributed by atoms with Gasteiger partial charge in [-0.15, -0.1) is 11.3 Å². The molecule has 0 fully saturated rings. The highest BCUT2D eigenvalue weighted by atomic mass is 32.1. The molecule has 21 heavy (non-hydrogen) atoms. The minimum Gasteiger partial charge on any atom is -0.241 e. The summed E-state index contributed by atoms with van der Waals surface area (Å²) in [6.07, 6.45) is 6.33. The predicted octanol–water partition coefficient (Wildman–Crippen LogP) is 6.09. The van der Waals surface area contributed by atoms with E-state index in [-0.39, 0.29) is 0 Å². The number of nitrogens with zero attached hydrogens (tertiary/aromatic N) is 1. The zero-order chi connectivity index (χ0) is 14.5. The Balaban J connectivity index is 1.81. The summed E-state index contributed by atoms with van der Waals surface area (Å²) in [6.45, 7) is 2.25. The average Bonchev–Trinajstić information content (AvgIpc) is 3.00. The molecule has 1 heterocycles. The fraction of sp³-hybridized carbons (Fsp3) is 0.316. The normalized spacial score (nSPS) is 11.1. The Morgan fingerprint density at radius 1 is 0.952 bits per heavy atom. The minimum atomic E-state index is 1.12. The highest BCUT2D eigenvalue weighted by Gasteiger charge is 2.07. The maximum atomic E-state index is 4.85. The molecule has 0 spiro atoms. The van der Waals surface area contributed by atoms with Crippen LogP contribution < -0.4 is 0 Å². The van der Waals surface area contributed by atoms with Gasteiger partial charge >= 0.3 is 0 Å². The first-order valence-corrected chi connectivity index (χ1v) is 8.69. The van der Waals surface area contributed by atoms with Gasteiger partial charge in [-0.3, -0.25) is 0 Å². The van der Waals surface area contributed by atoms with E-state index >= 15 is 0 Å². The Hall–Kier alpha value is -1.67. The third-order valence-electron chi connectivity index (χ3n) is 3.86. The summed E-state index contributed by atoms with van der Waals surface area (Å²) in [4.78, 5) is 4.85. The molecule has 0 aliphatic heterocycles. The molecule has 2 heteroatoms. The molecular weight excluding hydrogens is 274 g/mol. The van der Waals surface area contributed by atoms with Crippen LogP contribution in [-0.2, 0) is 6.42 Å². The quantitative estimate of drug-likeness (QED) is 0.502. The molecular formula is C19H21NS. The van der Waals surface area contributed by atoms with Crippen LogP contribution in [0.15, 0.2) is 47.8 Å². The van der Waals surface area contributed by atoms with Gasteiger partial charge in [0.15, 0.2) is 0 Å². The zero-order valence-corrected chi connectivity index (χ0v) is 13.3. The summed E-state index contributed by atoms with van der Waals surface area (Å²) in [7, 11) is 0. The van der Waals surface area contributed by atoms with E-state index in [0.717, 1.165) is 12.1 Å². The number of fused-ring (bicyclic) bond motifs is 1. The maximum Gasteiger partial charge on any atom is 0.0932 e. The second-order valence-corrected chi connectivity index (χ2v) is 6.41. The molecule has 1 aromatic heterocycles. The van der Waals surface area contributed by atoms with Crippen LogP contribution in [0.2, 0.25) is 0 Å². The fourth-order valence-electron chi connectivity index (χ4n) is 2.70. The predicted molar refractivity (Wildman–Crippen MR) is 92.9 cm³/mol. The van der Waals surface area contributed by atoms with E-state index in [4.69, 9.17) is 4.98 Å². The van der Waals surface area contributed by atoms with Gasteiger partial charge in [0.25, 0.3) is 0 Å². The lowest BCUT2D eigenvalue weighted by Crippen LogP contribution is -1.86. The maximum absolute atomic E-state index is 4.85. The Morgan fingerprint density at radius 3 is 2.71 bits per heavy atom. The van der Waals surface area contributed by atoms with Crippen molar-refractivity contribution in [3.63, 3.8) is 0 Å². The number of thiazole rings is 1. The molecule has 3 rings (SSSR count). The molecule has 0 aliphatic rings. The van der Waals surface area contributed by atoms with Gasteiger partial charge in [0.05, 0.1) is 10.7 Å². The van der Waals surface area contributed by atoms with Crippen molar-refractivity contribution in [3.8, 4) is 11.3 Å². The van der Waals surface area contributed by atoms with Gasteiger partial charge in [-0.25, -0.2) is 4.98 Å². The van der Waals surface area contributed by atoms with Crippen LogP contribution in [-0.4, -0.2) is 4.98 Å². The monoisotopic (exact) mass is 295 g/mol. The van der Waals surface area contributed by atoms with Crippen LogP contribution in [0.4, 0.5) is 0 Å². The molecule has 0 saturated heterocycles. The molecule has 3 aromatic rings. The van der Waals surface area contributed by atoms with Gasteiger partial charge in [-0.05, 0) is 23.6 Å². The summed E-state index contributed by atoms with van der Waals surface area (Å²) >= 11 is 1.80. The van der Waals surface area contributed by atoms with Gasteiger partial charge in [-0.1, -0.05) is 68.7 Å². The zero-order valence-electron chi connectivity index (χ0n) is 12.5. The molecule has 0 bridgehead atoms.